The van der Waals surface area contributed by atoms with E-state index >= 15 is 0 Å². The van der Waals surface area contributed by atoms with Gasteiger partial charge in [0.1, 0.15) is 5.69 Å². The minimum Gasteiger partial charge on any atom is -0.503 e. The zero-order chi connectivity index (χ0) is 9.14. The van der Waals surface area contributed by atoms with Crippen molar-refractivity contribution in [3.8, 4) is 5.75 Å². The van der Waals surface area contributed by atoms with Gasteiger partial charge in [0.05, 0.1) is 0 Å². The van der Waals surface area contributed by atoms with Gasteiger partial charge in [0.2, 0.25) is 6.08 Å². The molecule has 62 valence electrons. The van der Waals surface area contributed by atoms with Crippen molar-refractivity contribution in [3.05, 3.63) is 23.8 Å². The summed E-state index contributed by atoms with van der Waals surface area (Å²) in [6, 6.07) is 1.73. The Kier molecular flexibility index (Phi) is 2.16. The second kappa shape index (κ2) is 3.11. The van der Waals surface area contributed by atoms with Crippen molar-refractivity contribution in [2.75, 3.05) is 0 Å². The maximum absolute atomic E-state index is 12.7. The molecule has 0 bridgehead atoms. The molecule has 0 aliphatic heterocycles. The van der Waals surface area contributed by atoms with Crippen LogP contribution in [-0.2, 0) is 4.79 Å². The minimum absolute atomic E-state index is 0.441. The number of rotatable bonds is 1. The highest BCUT2D eigenvalue weighted by Crippen LogP contribution is 2.27. The van der Waals surface area contributed by atoms with Crippen molar-refractivity contribution in [1.82, 2.24) is 0 Å². The van der Waals surface area contributed by atoms with Crippen molar-refractivity contribution in [1.29, 1.82) is 0 Å². The lowest BCUT2D eigenvalue weighted by molar-refractivity contribution is 0.397. The van der Waals surface area contributed by atoms with Gasteiger partial charge in [-0.25, -0.2) is 13.6 Å². The molecule has 0 amide bonds. The van der Waals surface area contributed by atoms with Crippen LogP contribution in [0, 0.1) is 11.6 Å². The predicted octanol–water partition coefficient (Wildman–Crippen LogP) is 1.64. The number of benzene rings is 1. The number of aromatic hydroxyl groups is 1. The average molecular weight is 171 g/mol. The van der Waals surface area contributed by atoms with E-state index in [1.54, 1.807) is 0 Å². The Morgan fingerprint density at radius 1 is 1.42 bits per heavy atom. The molecule has 0 radical (unpaired) electrons. The maximum Gasteiger partial charge on any atom is 0.240 e. The highest BCUT2D eigenvalue weighted by Gasteiger charge is 2.11. The van der Waals surface area contributed by atoms with E-state index in [1.165, 1.54) is 0 Å². The number of aliphatic imine (C=N–C) groups is 1. The first kappa shape index (κ1) is 8.36. The van der Waals surface area contributed by atoms with Crippen LogP contribution in [0.1, 0.15) is 0 Å². The highest BCUT2D eigenvalue weighted by atomic mass is 19.1. The third-order valence-corrected chi connectivity index (χ3v) is 1.21. The molecule has 0 fully saturated rings. The molecule has 0 saturated carbocycles. The average Bonchev–Trinajstić information content (AvgIpc) is 2.07. The van der Waals surface area contributed by atoms with Crippen molar-refractivity contribution in [2.45, 2.75) is 0 Å². The van der Waals surface area contributed by atoms with E-state index in [2.05, 4.69) is 4.99 Å². The Bertz CT molecular complexity index is 359. The molecule has 1 aromatic carbocycles. The van der Waals surface area contributed by atoms with Gasteiger partial charge in [0, 0.05) is 0 Å². The molecule has 0 heterocycles. The zero-order valence-corrected chi connectivity index (χ0v) is 5.71. The molecule has 1 N–H and O–H groups in total. The lowest BCUT2D eigenvalue weighted by atomic mass is 10.3. The molecule has 0 aromatic heterocycles. The largest absolute Gasteiger partial charge is 0.503 e. The predicted molar refractivity (Wildman–Crippen MR) is 35.8 cm³/mol. The van der Waals surface area contributed by atoms with Crippen molar-refractivity contribution >= 4 is 11.8 Å². The summed E-state index contributed by atoms with van der Waals surface area (Å²) in [4.78, 5) is 12.6. The van der Waals surface area contributed by atoms with E-state index in [1.807, 2.05) is 0 Å². The van der Waals surface area contributed by atoms with E-state index in [-0.39, 0.29) is 0 Å². The molecule has 0 spiro atoms. The first-order valence-electron chi connectivity index (χ1n) is 2.91. The molecule has 1 aromatic rings. The number of nitrogens with zero attached hydrogens (tertiary/aromatic N) is 1. The summed E-state index contributed by atoms with van der Waals surface area (Å²) in [6.07, 6.45) is 1.07. The van der Waals surface area contributed by atoms with E-state index in [0.29, 0.717) is 0 Å². The summed E-state index contributed by atoms with van der Waals surface area (Å²) in [6.45, 7) is 0. The summed E-state index contributed by atoms with van der Waals surface area (Å²) < 4.78 is 25.1. The maximum atomic E-state index is 12.7. The van der Waals surface area contributed by atoms with Gasteiger partial charge in [-0.2, -0.15) is 4.99 Å². The molecule has 0 atom stereocenters. The smallest absolute Gasteiger partial charge is 0.240 e. The second-order valence-electron chi connectivity index (χ2n) is 1.93. The van der Waals surface area contributed by atoms with Gasteiger partial charge >= 0.3 is 0 Å². The number of hydrogen-bond acceptors (Lipinski definition) is 3. The standard InChI is InChI=1S/C7H3F2NO2/c8-4-1-2-5(10-3-11)6(9)7(4)12/h1-2,12H. The number of carbonyl (C=O) groups excluding carboxylic acids is 1. The molecule has 5 heteroatoms. The summed E-state index contributed by atoms with van der Waals surface area (Å²) in [5.41, 5.74) is -0.441. The lowest BCUT2D eigenvalue weighted by Crippen LogP contribution is -1.82. The Morgan fingerprint density at radius 3 is 2.67 bits per heavy atom. The number of phenols is 1. The fourth-order valence-corrected chi connectivity index (χ4v) is 0.666. The molecular formula is C7H3F2NO2. The van der Waals surface area contributed by atoms with Crippen LogP contribution in [0.15, 0.2) is 17.1 Å². The number of hydrogen-bond donors (Lipinski definition) is 1. The van der Waals surface area contributed by atoms with Crippen LogP contribution >= 0.6 is 0 Å². The van der Waals surface area contributed by atoms with E-state index < -0.39 is 23.1 Å². The van der Waals surface area contributed by atoms with Crippen LogP contribution in [0.3, 0.4) is 0 Å². The highest BCUT2D eigenvalue weighted by molar-refractivity contribution is 5.52. The van der Waals surface area contributed by atoms with Crippen LogP contribution in [0.5, 0.6) is 5.75 Å². The van der Waals surface area contributed by atoms with Gasteiger partial charge < -0.3 is 5.11 Å². The molecule has 0 aliphatic carbocycles. The Labute approximate surface area is 66.0 Å². The first-order chi connectivity index (χ1) is 5.66. The van der Waals surface area contributed by atoms with E-state index in [0.717, 1.165) is 18.2 Å². The van der Waals surface area contributed by atoms with E-state index in [4.69, 9.17) is 5.11 Å². The normalized spacial score (nSPS) is 9.17. The lowest BCUT2D eigenvalue weighted by Gasteiger charge is -1.97. The Hall–Kier alpha value is -1.74. The molecule has 0 saturated heterocycles. The van der Waals surface area contributed by atoms with Gasteiger partial charge in [0.25, 0.3) is 0 Å². The zero-order valence-electron chi connectivity index (χ0n) is 5.71. The summed E-state index contributed by atoms with van der Waals surface area (Å²) in [7, 11) is 0. The van der Waals surface area contributed by atoms with Crippen molar-refractivity contribution in [2.24, 2.45) is 4.99 Å². The van der Waals surface area contributed by atoms with Gasteiger partial charge in [-0.3, -0.25) is 0 Å². The molecular weight excluding hydrogens is 168 g/mol. The summed E-state index contributed by atoms with van der Waals surface area (Å²) >= 11 is 0. The number of phenolic OH excluding ortho intramolecular Hbond substituents is 1. The Balaban J connectivity index is 3.35. The van der Waals surface area contributed by atoms with Gasteiger partial charge in [-0.15, -0.1) is 0 Å². The van der Waals surface area contributed by atoms with E-state index in [9.17, 15) is 13.6 Å². The molecule has 0 aliphatic rings. The van der Waals surface area contributed by atoms with Crippen LogP contribution < -0.4 is 0 Å². The SMILES string of the molecule is O=C=Nc1ccc(F)c(O)c1F. The molecule has 0 unspecified atom stereocenters. The van der Waals surface area contributed by atoms with Crippen molar-refractivity contribution in [3.63, 3.8) is 0 Å². The van der Waals surface area contributed by atoms with Gasteiger partial charge in [0.15, 0.2) is 17.4 Å². The van der Waals surface area contributed by atoms with Crippen LogP contribution in [0.4, 0.5) is 14.5 Å². The minimum atomic E-state index is -1.27. The van der Waals surface area contributed by atoms with Gasteiger partial charge in [-0.05, 0) is 12.1 Å². The topological polar surface area (TPSA) is 49.7 Å². The number of isocyanates is 1. The van der Waals surface area contributed by atoms with Crippen LogP contribution in [0.25, 0.3) is 0 Å². The van der Waals surface area contributed by atoms with Crippen LogP contribution in [0.2, 0.25) is 0 Å². The van der Waals surface area contributed by atoms with Crippen molar-refractivity contribution < 1.29 is 18.7 Å². The number of halogens is 2. The fraction of sp³-hybridized carbons (Fsp3) is 0. The Morgan fingerprint density at radius 2 is 2.08 bits per heavy atom. The third kappa shape index (κ3) is 1.31. The molecule has 1 rings (SSSR count). The molecule has 12 heavy (non-hydrogen) atoms. The monoisotopic (exact) mass is 171 g/mol. The second-order valence-corrected chi connectivity index (χ2v) is 1.93. The van der Waals surface area contributed by atoms with Gasteiger partial charge in [-0.1, -0.05) is 0 Å². The summed E-state index contributed by atoms with van der Waals surface area (Å²) in [5, 5.41) is 8.67. The summed E-state index contributed by atoms with van der Waals surface area (Å²) in [5.74, 6) is -3.51. The quantitative estimate of drug-likeness (QED) is 0.515. The fourth-order valence-electron chi connectivity index (χ4n) is 0.666. The van der Waals surface area contributed by atoms with Crippen LogP contribution in [-0.4, -0.2) is 11.2 Å². The molecule has 3 nitrogen and oxygen atoms in total. The third-order valence-electron chi connectivity index (χ3n) is 1.21. The first-order valence-corrected chi connectivity index (χ1v) is 2.91.